The third-order valence-electron chi connectivity index (χ3n) is 3.17. The molecule has 2 heterocycles. The zero-order chi connectivity index (χ0) is 15.1. The smallest absolute Gasteiger partial charge is 0.371 e. The molecule has 6 heteroatoms. The Kier molecular flexibility index (Phi) is 3.31. The van der Waals surface area contributed by atoms with Crippen molar-refractivity contribution in [1.29, 1.82) is 0 Å². The van der Waals surface area contributed by atoms with Crippen LogP contribution in [0.1, 0.15) is 31.4 Å². The summed E-state index contributed by atoms with van der Waals surface area (Å²) in [6.45, 7) is 1.70. The molecule has 0 unspecified atom stereocenters. The molecule has 0 saturated heterocycles. The largest absolute Gasteiger partial charge is 0.475 e. The number of hydrogen-bond donors (Lipinski definition) is 1. The number of hydrogen-bond acceptors (Lipinski definition) is 4. The highest BCUT2D eigenvalue weighted by atomic mass is 35.5. The molecular formula is C15H9ClO4S. The molecule has 0 radical (unpaired) electrons. The number of benzene rings is 1. The van der Waals surface area contributed by atoms with Crippen LogP contribution < -0.4 is 0 Å². The van der Waals surface area contributed by atoms with Crippen LogP contribution in [0.5, 0.6) is 0 Å². The molecule has 0 spiro atoms. The summed E-state index contributed by atoms with van der Waals surface area (Å²) in [5.41, 5.74) is 1.29. The van der Waals surface area contributed by atoms with Crippen LogP contribution in [0.2, 0.25) is 5.02 Å². The summed E-state index contributed by atoms with van der Waals surface area (Å²) in [4.78, 5) is 24.0. The highest BCUT2D eigenvalue weighted by molar-refractivity contribution is 7.12. The van der Waals surface area contributed by atoms with Gasteiger partial charge in [-0.3, -0.25) is 4.79 Å². The highest BCUT2D eigenvalue weighted by Crippen LogP contribution is 2.33. The lowest BCUT2D eigenvalue weighted by Crippen LogP contribution is -2.00. The van der Waals surface area contributed by atoms with Crippen LogP contribution in [-0.2, 0) is 0 Å². The number of furan rings is 1. The Hall–Kier alpha value is -2.11. The van der Waals surface area contributed by atoms with Crippen LogP contribution in [0, 0.1) is 6.92 Å². The number of fused-ring (bicyclic) bond motifs is 1. The summed E-state index contributed by atoms with van der Waals surface area (Å²) in [6, 6.07) is 6.48. The quantitative estimate of drug-likeness (QED) is 0.727. The molecule has 21 heavy (non-hydrogen) atoms. The van der Waals surface area contributed by atoms with Crippen LogP contribution in [-0.4, -0.2) is 16.9 Å². The molecule has 106 valence electrons. The Balaban J connectivity index is 2.22. The maximum atomic E-state index is 12.4. The molecular weight excluding hydrogens is 312 g/mol. The van der Waals surface area contributed by atoms with E-state index in [0.717, 1.165) is 0 Å². The molecule has 3 aromatic rings. The number of carbonyl (C=O) groups is 2. The first kappa shape index (κ1) is 13.9. The second-order valence-electron chi connectivity index (χ2n) is 4.50. The van der Waals surface area contributed by atoms with E-state index in [1.54, 1.807) is 25.1 Å². The summed E-state index contributed by atoms with van der Waals surface area (Å²) in [6.07, 6.45) is 0. The molecule has 3 rings (SSSR count). The van der Waals surface area contributed by atoms with E-state index >= 15 is 0 Å². The number of rotatable bonds is 3. The lowest BCUT2D eigenvalue weighted by molar-refractivity contribution is 0.0664. The lowest BCUT2D eigenvalue weighted by Gasteiger charge is -2.05. The van der Waals surface area contributed by atoms with Crippen molar-refractivity contribution in [1.82, 2.24) is 0 Å². The fourth-order valence-electron chi connectivity index (χ4n) is 2.14. The third-order valence-corrected chi connectivity index (χ3v) is 4.52. The number of thiophene rings is 1. The number of carboxylic acid groups (broad SMARTS) is 1. The molecule has 2 aromatic heterocycles. The molecule has 0 amide bonds. The van der Waals surface area contributed by atoms with Gasteiger partial charge in [0.2, 0.25) is 11.5 Å². The number of carbonyl (C=O) groups excluding carboxylic acids is 1. The van der Waals surface area contributed by atoms with E-state index in [1.165, 1.54) is 17.4 Å². The normalized spacial score (nSPS) is 11.0. The monoisotopic (exact) mass is 320 g/mol. The van der Waals surface area contributed by atoms with Crippen molar-refractivity contribution in [2.75, 3.05) is 0 Å². The van der Waals surface area contributed by atoms with E-state index in [2.05, 4.69) is 0 Å². The minimum atomic E-state index is -1.16. The van der Waals surface area contributed by atoms with Crippen molar-refractivity contribution in [2.45, 2.75) is 6.92 Å². The SMILES string of the molecule is Cc1c(Cl)c(C(=O)c2cccs2)cc2cc(C(=O)O)oc12. The van der Waals surface area contributed by atoms with E-state index in [1.807, 2.05) is 5.38 Å². The predicted octanol–water partition coefficient (Wildman–Crippen LogP) is 4.39. The van der Waals surface area contributed by atoms with Gasteiger partial charge in [0.15, 0.2) is 0 Å². The van der Waals surface area contributed by atoms with Crippen molar-refractivity contribution in [3.63, 3.8) is 0 Å². The van der Waals surface area contributed by atoms with Crippen LogP contribution in [0.15, 0.2) is 34.1 Å². The van der Waals surface area contributed by atoms with Crippen molar-refractivity contribution < 1.29 is 19.1 Å². The first-order valence-electron chi connectivity index (χ1n) is 6.03. The maximum Gasteiger partial charge on any atom is 0.371 e. The topological polar surface area (TPSA) is 67.5 Å². The molecule has 0 aliphatic carbocycles. The Morgan fingerprint density at radius 1 is 1.33 bits per heavy atom. The van der Waals surface area contributed by atoms with E-state index < -0.39 is 5.97 Å². The molecule has 0 bridgehead atoms. The fourth-order valence-corrected chi connectivity index (χ4v) is 3.04. The van der Waals surface area contributed by atoms with Crippen molar-refractivity contribution in [3.05, 3.63) is 56.4 Å². The maximum absolute atomic E-state index is 12.4. The zero-order valence-corrected chi connectivity index (χ0v) is 12.4. The summed E-state index contributed by atoms with van der Waals surface area (Å²) < 4.78 is 5.27. The molecule has 0 fully saturated rings. The van der Waals surface area contributed by atoms with Gasteiger partial charge >= 0.3 is 5.97 Å². The zero-order valence-electron chi connectivity index (χ0n) is 10.8. The van der Waals surface area contributed by atoms with Gasteiger partial charge in [0.25, 0.3) is 0 Å². The predicted molar refractivity (Wildman–Crippen MR) is 80.7 cm³/mol. The van der Waals surface area contributed by atoms with E-state index in [9.17, 15) is 9.59 Å². The Labute approximate surface area is 128 Å². The molecule has 0 aliphatic rings. The van der Waals surface area contributed by atoms with Gasteiger partial charge in [-0.15, -0.1) is 11.3 Å². The van der Waals surface area contributed by atoms with Crippen LogP contribution in [0.4, 0.5) is 0 Å². The number of carboxylic acids is 1. The molecule has 0 aliphatic heterocycles. The number of ketones is 1. The average Bonchev–Trinajstić information content (AvgIpc) is 3.10. The van der Waals surface area contributed by atoms with Crippen molar-refractivity contribution in [3.8, 4) is 0 Å². The first-order valence-corrected chi connectivity index (χ1v) is 7.29. The van der Waals surface area contributed by atoms with Crippen molar-refractivity contribution in [2.24, 2.45) is 0 Å². The molecule has 0 atom stereocenters. The number of aromatic carboxylic acids is 1. The average molecular weight is 321 g/mol. The van der Waals surface area contributed by atoms with Gasteiger partial charge in [0.05, 0.1) is 9.90 Å². The fraction of sp³-hybridized carbons (Fsp3) is 0.0667. The molecule has 1 aromatic carbocycles. The first-order chi connectivity index (χ1) is 9.99. The second kappa shape index (κ2) is 5.02. The Morgan fingerprint density at radius 2 is 2.10 bits per heavy atom. The van der Waals surface area contributed by atoms with E-state index in [4.69, 9.17) is 21.1 Å². The molecule has 4 nitrogen and oxygen atoms in total. The third kappa shape index (κ3) is 2.24. The van der Waals surface area contributed by atoms with Gasteiger partial charge in [-0.25, -0.2) is 4.79 Å². The second-order valence-corrected chi connectivity index (χ2v) is 5.83. The highest BCUT2D eigenvalue weighted by Gasteiger charge is 2.21. The number of aryl methyl sites for hydroxylation is 1. The summed E-state index contributed by atoms with van der Waals surface area (Å²) in [5, 5.41) is 11.6. The Bertz CT molecular complexity index is 862. The lowest BCUT2D eigenvalue weighted by atomic mass is 10.0. The molecule has 0 saturated carbocycles. The molecule has 1 N–H and O–H groups in total. The summed E-state index contributed by atoms with van der Waals surface area (Å²) in [5.74, 6) is -1.52. The van der Waals surface area contributed by atoms with Gasteiger partial charge in [-0.05, 0) is 30.5 Å². The van der Waals surface area contributed by atoms with Crippen molar-refractivity contribution >= 4 is 45.7 Å². The van der Waals surface area contributed by atoms with Crippen LogP contribution in [0.3, 0.4) is 0 Å². The van der Waals surface area contributed by atoms with Crippen LogP contribution >= 0.6 is 22.9 Å². The van der Waals surface area contributed by atoms with Gasteiger partial charge in [0.1, 0.15) is 5.58 Å². The van der Waals surface area contributed by atoms with Gasteiger partial charge in [0, 0.05) is 16.5 Å². The van der Waals surface area contributed by atoms with E-state index in [0.29, 0.717) is 27.0 Å². The van der Waals surface area contributed by atoms with Gasteiger partial charge in [-0.1, -0.05) is 17.7 Å². The van der Waals surface area contributed by atoms with Gasteiger partial charge in [-0.2, -0.15) is 0 Å². The minimum absolute atomic E-state index is 0.176. The Morgan fingerprint density at radius 3 is 2.71 bits per heavy atom. The van der Waals surface area contributed by atoms with Crippen LogP contribution in [0.25, 0.3) is 11.0 Å². The summed E-state index contributed by atoms with van der Waals surface area (Å²) >= 11 is 7.58. The van der Waals surface area contributed by atoms with Gasteiger partial charge < -0.3 is 9.52 Å². The standard InChI is InChI=1S/C15H9ClO4S/c1-7-12(16)9(13(17)11-3-2-4-21-11)5-8-6-10(15(18)19)20-14(7)8/h2-6H,1H3,(H,18,19). The summed E-state index contributed by atoms with van der Waals surface area (Å²) in [7, 11) is 0. The minimum Gasteiger partial charge on any atom is -0.475 e. The number of halogens is 1. The van der Waals surface area contributed by atoms with E-state index in [-0.39, 0.29) is 16.6 Å².